The van der Waals surface area contributed by atoms with Gasteiger partial charge in [0, 0.05) is 5.69 Å². The summed E-state index contributed by atoms with van der Waals surface area (Å²) in [5, 5.41) is 3.00. The van der Waals surface area contributed by atoms with Gasteiger partial charge >= 0.3 is 0 Å². The number of ether oxygens (including phenoxy) is 2. The number of hydrogen-bond donors (Lipinski definition) is 2. The smallest absolute Gasteiger partial charge is 0.282 e. The molecule has 5 nitrogen and oxygen atoms in total. The van der Waals surface area contributed by atoms with E-state index in [0.29, 0.717) is 12.3 Å². The van der Waals surface area contributed by atoms with Gasteiger partial charge in [0.15, 0.2) is 17.5 Å². The molecule has 1 amide bonds. The van der Waals surface area contributed by atoms with Crippen molar-refractivity contribution in [3.8, 4) is 11.5 Å². The second-order valence-corrected chi connectivity index (χ2v) is 6.44. The number of rotatable bonds is 8. The molecule has 0 aliphatic carbocycles. The summed E-state index contributed by atoms with van der Waals surface area (Å²) < 4.78 is 10.8. The molecule has 2 rings (SSSR count). The highest BCUT2D eigenvalue weighted by Gasteiger charge is 2.24. The third kappa shape index (κ3) is 4.76. The molecule has 0 heterocycles. The Morgan fingerprint density at radius 2 is 1.81 bits per heavy atom. The van der Waals surface area contributed by atoms with Crippen molar-refractivity contribution in [1.82, 2.24) is 0 Å². The van der Waals surface area contributed by atoms with Crippen molar-refractivity contribution in [2.75, 3.05) is 26.6 Å². The van der Waals surface area contributed by atoms with Gasteiger partial charge in [-0.2, -0.15) is 0 Å². The molecule has 0 saturated heterocycles. The highest BCUT2D eigenvalue weighted by molar-refractivity contribution is 5.93. The molecule has 0 saturated carbocycles. The third-order valence-corrected chi connectivity index (χ3v) is 4.72. The first-order valence-electron chi connectivity index (χ1n) is 8.92. The van der Waals surface area contributed by atoms with Crippen molar-refractivity contribution >= 4 is 11.6 Å². The Bertz CT molecular complexity index is 729. The monoisotopic (exact) mass is 357 g/mol. The molecule has 0 aliphatic rings. The highest BCUT2D eigenvalue weighted by atomic mass is 16.5. The number of para-hydroxylation sites is 1. The van der Waals surface area contributed by atoms with Crippen LogP contribution in [0.25, 0.3) is 0 Å². The minimum absolute atomic E-state index is 0.00592. The molecule has 0 radical (unpaired) electrons. The fourth-order valence-electron chi connectivity index (χ4n) is 2.84. The van der Waals surface area contributed by atoms with Crippen LogP contribution < -0.4 is 19.7 Å². The van der Waals surface area contributed by atoms with Crippen LogP contribution in [0.3, 0.4) is 0 Å². The lowest BCUT2D eigenvalue weighted by molar-refractivity contribution is -0.907. The number of carbonyl (C=O) groups excluding carboxylic acids is 1. The molecule has 0 bridgehead atoms. The van der Waals surface area contributed by atoms with Crippen LogP contribution in [-0.4, -0.2) is 33.2 Å². The summed E-state index contributed by atoms with van der Waals surface area (Å²) in [5.74, 6) is 1.41. The normalized spacial score (nSPS) is 13.0. The van der Waals surface area contributed by atoms with Crippen LogP contribution in [0.2, 0.25) is 0 Å². The number of methoxy groups -OCH3 is 2. The van der Waals surface area contributed by atoms with E-state index in [2.05, 4.69) is 12.2 Å². The average molecular weight is 357 g/mol. The molecule has 2 aromatic carbocycles. The fourth-order valence-corrected chi connectivity index (χ4v) is 2.84. The number of benzene rings is 2. The van der Waals surface area contributed by atoms with E-state index in [1.807, 2.05) is 56.4 Å². The Morgan fingerprint density at radius 1 is 1.12 bits per heavy atom. The predicted molar refractivity (Wildman–Crippen MR) is 104 cm³/mol. The molecule has 0 aromatic heterocycles. The fraction of sp³-hybridized carbons (Fsp3) is 0.381. The van der Waals surface area contributed by atoms with E-state index in [0.717, 1.165) is 28.3 Å². The van der Waals surface area contributed by atoms with Crippen LogP contribution in [0.1, 0.15) is 25.0 Å². The number of carbonyl (C=O) groups is 1. The zero-order valence-electron chi connectivity index (χ0n) is 16.3. The van der Waals surface area contributed by atoms with Crippen molar-refractivity contribution in [1.29, 1.82) is 0 Å². The molecular weight excluding hydrogens is 328 g/mol. The number of nitrogens with one attached hydrogen (secondary N) is 2. The Balaban J connectivity index is 2.04. The number of quaternary nitrogens is 1. The Hall–Kier alpha value is -2.53. The van der Waals surface area contributed by atoms with Crippen LogP contribution >= 0.6 is 0 Å². The summed E-state index contributed by atoms with van der Waals surface area (Å²) >= 11 is 0. The van der Waals surface area contributed by atoms with Gasteiger partial charge in [-0.25, -0.2) is 0 Å². The molecule has 0 spiro atoms. The van der Waals surface area contributed by atoms with Gasteiger partial charge < -0.3 is 19.7 Å². The first-order valence-corrected chi connectivity index (χ1v) is 8.92. The zero-order valence-corrected chi connectivity index (χ0v) is 16.3. The molecule has 2 aromatic rings. The Kier molecular flexibility index (Phi) is 7.04. The maximum Gasteiger partial charge on any atom is 0.282 e. The first-order chi connectivity index (χ1) is 12.5. The summed E-state index contributed by atoms with van der Waals surface area (Å²) in [6, 6.07) is 13.6. The maximum atomic E-state index is 12.6. The molecule has 2 atom stereocenters. The van der Waals surface area contributed by atoms with Crippen molar-refractivity contribution in [3.05, 3.63) is 53.6 Å². The molecule has 26 heavy (non-hydrogen) atoms. The van der Waals surface area contributed by atoms with Gasteiger partial charge in [-0.15, -0.1) is 0 Å². The molecule has 5 heteroatoms. The summed E-state index contributed by atoms with van der Waals surface area (Å²) in [6.45, 7) is 4.70. The molecule has 140 valence electrons. The minimum Gasteiger partial charge on any atom is -0.493 e. The SMILES string of the molecule is CCc1ccc(NC(=O)[C@H](C)[NH+](C)Cc2cccc(OC)c2OC)cc1. The average Bonchev–Trinajstić information content (AvgIpc) is 2.67. The first kappa shape index (κ1) is 19.8. The van der Waals surface area contributed by atoms with E-state index in [1.165, 1.54) is 5.56 Å². The number of aryl methyl sites for hydroxylation is 1. The summed E-state index contributed by atoms with van der Waals surface area (Å²) in [5.41, 5.74) is 3.09. The van der Waals surface area contributed by atoms with Crippen LogP contribution in [-0.2, 0) is 17.8 Å². The Labute approximate surface area is 155 Å². The highest BCUT2D eigenvalue weighted by Crippen LogP contribution is 2.30. The lowest BCUT2D eigenvalue weighted by Gasteiger charge is -2.22. The molecule has 1 unspecified atom stereocenters. The maximum absolute atomic E-state index is 12.6. The van der Waals surface area contributed by atoms with E-state index < -0.39 is 0 Å². The van der Waals surface area contributed by atoms with Gasteiger partial charge in [0.1, 0.15) is 6.54 Å². The lowest BCUT2D eigenvalue weighted by atomic mass is 10.1. The van der Waals surface area contributed by atoms with Crippen molar-refractivity contribution in [3.63, 3.8) is 0 Å². The van der Waals surface area contributed by atoms with Crippen molar-refractivity contribution in [2.45, 2.75) is 32.9 Å². The molecular formula is C21H29N2O3+. The van der Waals surface area contributed by atoms with Gasteiger partial charge in [0.25, 0.3) is 5.91 Å². The summed E-state index contributed by atoms with van der Waals surface area (Å²) in [6.07, 6.45) is 0.986. The molecule has 0 aliphatic heterocycles. The lowest BCUT2D eigenvalue weighted by Crippen LogP contribution is -3.12. The van der Waals surface area contributed by atoms with Gasteiger partial charge in [0.05, 0.1) is 26.8 Å². The van der Waals surface area contributed by atoms with E-state index in [4.69, 9.17) is 9.47 Å². The zero-order chi connectivity index (χ0) is 19.1. The third-order valence-electron chi connectivity index (χ3n) is 4.72. The van der Waals surface area contributed by atoms with Gasteiger partial charge in [0.2, 0.25) is 0 Å². The largest absolute Gasteiger partial charge is 0.493 e. The van der Waals surface area contributed by atoms with E-state index in [1.54, 1.807) is 14.2 Å². The number of hydrogen-bond acceptors (Lipinski definition) is 3. The van der Waals surface area contributed by atoms with E-state index in [-0.39, 0.29) is 11.9 Å². The summed E-state index contributed by atoms with van der Waals surface area (Å²) in [7, 11) is 5.26. The molecule has 2 N–H and O–H groups in total. The van der Waals surface area contributed by atoms with Gasteiger partial charge in [-0.3, -0.25) is 4.79 Å². The second kappa shape index (κ2) is 9.25. The standard InChI is InChI=1S/C21H28N2O3/c1-6-16-10-12-18(13-11-16)22-21(24)15(2)23(3)14-17-8-7-9-19(25-4)20(17)26-5/h7-13,15H,6,14H2,1-5H3,(H,22,24)/p+1/t15-/m0/s1. The van der Waals surface area contributed by atoms with Gasteiger partial charge in [-0.1, -0.05) is 25.1 Å². The van der Waals surface area contributed by atoms with Crippen molar-refractivity contribution in [2.24, 2.45) is 0 Å². The van der Waals surface area contributed by atoms with Crippen LogP contribution in [0.15, 0.2) is 42.5 Å². The molecule has 0 fully saturated rings. The second-order valence-electron chi connectivity index (χ2n) is 6.44. The number of likely N-dealkylation sites (N-methyl/N-ethyl adjacent to an activating group) is 1. The quantitative estimate of drug-likeness (QED) is 0.762. The summed E-state index contributed by atoms with van der Waals surface area (Å²) in [4.78, 5) is 13.7. The van der Waals surface area contributed by atoms with Crippen LogP contribution in [0.4, 0.5) is 5.69 Å². The topological polar surface area (TPSA) is 52.0 Å². The predicted octanol–water partition coefficient (Wildman–Crippen LogP) is 2.31. The Morgan fingerprint density at radius 3 is 2.38 bits per heavy atom. The van der Waals surface area contributed by atoms with Crippen LogP contribution in [0, 0.1) is 0 Å². The van der Waals surface area contributed by atoms with E-state index >= 15 is 0 Å². The van der Waals surface area contributed by atoms with Gasteiger partial charge in [-0.05, 0) is 43.2 Å². The number of amides is 1. The van der Waals surface area contributed by atoms with E-state index in [9.17, 15) is 4.79 Å². The van der Waals surface area contributed by atoms with Crippen LogP contribution in [0.5, 0.6) is 11.5 Å². The van der Waals surface area contributed by atoms with Crippen molar-refractivity contribution < 1.29 is 19.2 Å². The minimum atomic E-state index is -0.211. The number of anilines is 1.